The summed E-state index contributed by atoms with van der Waals surface area (Å²) in [5.74, 6) is -0.612. The van der Waals surface area contributed by atoms with Crippen molar-refractivity contribution in [1.82, 2.24) is 0 Å². The molecule has 0 bridgehead atoms. The van der Waals surface area contributed by atoms with Gasteiger partial charge in [0.2, 0.25) is 0 Å². The van der Waals surface area contributed by atoms with Crippen molar-refractivity contribution < 1.29 is 14.6 Å². The normalized spacial score (nSPS) is 11.8. The largest absolute Gasteiger partial charge is 0.459 e. The van der Waals surface area contributed by atoms with Gasteiger partial charge < -0.3 is 9.84 Å². The average Bonchev–Trinajstić information content (AvgIpc) is 2.27. The van der Waals surface area contributed by atoms with Crippen LogP contribution in [0.5, 0.6) is 0 Å². The van der Waals surface area contributed by atoms with Crippen LogP contribution in [0.3, 0.4) is 0 Å². The Labute approximate surface area is 89.0 Å². The lowest BCUT2D eigenvalue weighted by molar-refractivity contribution is -0.154. The highest BCUT2D eigenvalue weighted by molar-refractivity contribution is 5.74. The molecule has 1 aromatic rings. The minimum Gasteiger partial charge on any atom is -0.459 e. The average molecular weight is 206 g/mol. The summed E-state index contributed by atoms with van der Waals surface area (Å²) in [7, 11) is 0. The molecule has 0 radical (unpaired) electrons. The quantitative estimate of drug-likeness (QED) is 0.588. The van der Waals surface area contributed by atoms with Crippen molar-refractivity contribution in [2.75, 3.05) is 0 Å². The molecule has 0 heterocycles. The Morgan fingerprint density at radius 2 is 2.13 bits per heavy atom. The number of rotatable bonds is 5. The maximum absolute atomic E-state index is 11.2. The van der Waals surface area contributed by atoms with E-state index < -0.39 is 12.1 Å². The van der Waals surface area contributed by atoms with Crippen molar-refractivity contribution >= 4 is 5.97 Å². The molecule has 0 aliphatic heterocycles. The molecule has 1 unspecified atom stereocenters. The lowest BCUT2D eigenvalue weighted by Gasteiger charge is -2.08. The highest BCUT2D eigenvalue weighted by Crippen LogP contribution is 2.03. The van der Waals surface area contributed by atoms with Crippen LogP contribution in [0.25, 0.3) is 0 Å². The molecule has 0 saturated carbocycles. The number of aliphatic hydroxyl groups is 1. The third-order valence-corrected chi connectivity index (χ3v) is 1.89. The van der Waals surface area contributed by atoms with Gasteiger partial charge in [0.15, 0.2) is 6.10 Å². The fourth-order valence-corrected chi connectivity index (χ4v) is 1.08. The molecule has 0 saturated heterocycles. The summed E-state index contributed by atoms with van der Waals surface area (Å²) in [5.41, 5.74) is 0.900. The zero-order valence-corrected chi connectivity index (χ0v) is 8.43. The van der Waals surface area contributed by atoms with E-state index in [9.17, 15) is 9.90 Å². The summed E-state index contributed by atoms with van der Waals surface area (Å²) >= 11 is 0. The maximum Gasteiger partial charge on any atom is 0.335 e. The Hall–Kier alpha value is -1.61. The molecule has 0 aromatic heterocycles. The van der Waals surface area contributed by atoms with E-state index in [4.69, 9.17) is 4.74 Å². The summed E-state index contributed by atoms with van der Waals surface area (Å²) in [6, 6.07) is 9.32. The third kappa shape index (κ3) is 3.95. The van der Waals surface area contributed by atoms with E-state index in [1.54, 1.807) is 0 Å². The van der Waals surface area contributed by atoms with Gasteiger partial charge in [-0.2, -0.15) is 0 Å². The maximum atomic E-state index is 11.2. The van der Waals surface area contributed by atoms with Gasteiger partial charge >= 0.3 is 5.97 Å². The van der Waals surface area contributed by atoms with Crippen LogP contribution in [0.4, 0.5) is 0 Å². The van der Waals surface area contributed by atoms with Crippen LogP contribution in [0.1, 0.15) is 12.0 Å². The van der Waals surface area contributed by atoms with Gasteiger partial charge in [-0.25, -0.2) is 4.79 Å². The van der Waals surface area contributed by atoms with Gasteiger partial charge in [0.25, 0.3) is 0 Å². The van der Waals surface area contributed by atoms with Crippen molar-refractivity contribution in [3.8, 4) is 0 Å². The lowest BCUT2D eigenvalue weighted by atomic mass is 10.2. The SMILES string of the molecule is C=CCC(O)C(=O)OCc1ccccc1. The van der Waals surface area contributed by atoms with Gasteiger partial charge in [-0.3, -0.25) is 0 Å². The summed E-state index contributed by atoms with van der Waals surface area (Å²) in [5, 5.41) is 9.25. The summed E-state index contributed by atoms with van der Waals surface area (Å²) in [6.45, 7) is 3.62. The van der Waals surface area contributed by atoms with E-state index in [-0.39, 0.29) is 13.0 Å². The van der Waals surface area contributed by atoms with Crippen LogP contribution < -0.4 is 0 Å². The highest BCUT2D eigenvalue weighted by Gasteiger charge is 2.14. The molecule has 3 nitrogen and oxygen atoms in total. The first kappa shape index (κ1) is 11.5. The second kappa shape index (κ2) is 5.98. The summed E-state index contributed by atoms with van der Waals surface area (Å²) in [4.78, 5) is 11.2. The molecule has 0 aliphatic rings. The summed E-state index contributed by atoms with van der Waals surface area (Å²) < 4.78 is 4.91. The molecule has 80 valence electrons. The van der Waals surface area contributed by atoms with Crippen LogP contribution in [0.15, 0.2) is 43.0 Å². The first-order chi connectivity index (χ1) is 7.24. The highest BCUT2D eigenvalue weighted by atomic mass is 16.5. The molecule has 0 aliphatic carbocycles. The molecule has 1 N–H and O–H groups in total. The summed E-state index contributed by atoms with van der Waals surface area (Å²) in [6.07, 6.45) is 0.591. The van der Waals surface area contributed by atoms with Crippen LogP contribution in [0, 0.1) is 0 Å². The number of aliphatic hydroxyl groups excluding tert-OH is 1. The number of benzene rings is 1. The van der Waals surface area contributed by atoms with E-state index >= 15 is 0 Å². The predicted octanol–water partition coefficient (Wildman–Crippen LogP) is 1.67. The van der Waals surface area contributed by atoms with Crippen molar-refractivity contribution in [3.05, 3.63) is 48.6 Å². The Morgan fingerprint density at radius 1 is 1.47 bits per heavy atom. The number of esters is 1. The van der Waals surface area contributed by atoms with Gasteiger partial charge in [0.1, 0.15) is 6.61 Å². The molecule has 0 spiro atoms. The molecule has 3 heteroatoms. The number of carbonyl (C=O) groups excluding carboxylic acids is 1. The molecular formula is C12H14O3. The first-order valence-electron chi connectivity index (χ1n) is 4.73. The molecule has 1 atom stereocenters. The van der Waals surface area contributed by atoms with Gasteiger partial charge in [0, 0.05) is 6.42 Å². The van der Waals surface area contributed by atoms with E-state index in [2.05, 4.69) is 6.58 Å². The second-order valence-electron chi connectivity index (χ2n) is 3.13. The minimum absolute atomic E-state index is 0.188. The molecule has 0 fully saturated rings. The molecule has 1 rings (SSSR count). The van der Waals surface area contributed by atoms with E-state index in [1.807, 2.05) is 30.3 Å². The van der Waals surface area contributed by atoms with Gasteiger partial charge in [-0.1, -0.05) is 36.4 Å². The van der Waals surface area contributed by atoms with Crippen LogP contribution in [-0.2, 0) is 16.1 Å². The van der Waals surface area contributed by atoms with Crippen molar-refractivity contribution in [2.45, 2.75) is 19.1 Å². The zero-order chi connectivity index (χ0) is 11.1. The Kier molecular flexibility index (Phi) is 4.57. The van der Waals surface area contributed by atoms with Crippen molar-refractivity contribution in [1.29, 1.82) is 0 Å². The predicted molar refractivity (Wildman–Crippen MR) is 57.1 cm³/mol. The molecule has 0 amide bonds. The Bertz CT molecular complexity index is 319. The zero-order valence-electron chi connectivity index (χ0n) is 8.43. The van der Waals surface area contributed by atoms with Crippen LogP contribution >= 0.6 is 0 Å². The number of hydrogen-bond acceptors (Lipinski definition) is 3. The van der Waals surface area contributed by atoms with Crippen LogP contribution in [-0.4, -0.2) is 17.2 Å². The topological polar surface area (TPSA) is 46.5 Å². The standard InChI is InChI=1S/C12H14O3/c1-2-6-11(13)12(14)15-9-10-7-4-3-5-8-10/h2-5,7-8,11,13H,1,6,9H2. The minimum atomic E-state index is -1.11. The molecule has 15 heavy (non-hydrogen) atoms. The van der Waals surface area contributed by atoms with E-state index in [0.29, 0.717) is 0 Å². The second-order valence-corrected chi connectivity index (χ2v) is 3.13. The van der Waals surface area contributed by atoms with Gasteiger partial charge in [-0.15, -0.1) is 6.58 Å². The Balaban J connectivity index is 2.37. The first-order valence-corrected chi connectivity index (χ1v) is 4.73. The van der Waals surface area contributed by atoms with Gasteiger partial charge in [0.05, 0.1) is 0 Å². The fourth-order valence-electron chi connectivity index (χ4n) is 1.08. The van der Waals surface area contributed by atoms with E-state index in [0.717, 1.165) is 5.56 Å². The Morgan fingerprint density at radius 3 is 2.73 bits per heavy atom. The number of carbonyl (C=O) groups is 1. The fraction of sp³-hybridized carbons (Fsp3) is 0.250. The monoisotopic (exact) mass is 206 g/mol. The van der Waals surface area contributed by atoms with E-state index in [1.165, 1.54) is 6.08 Å². The number of hydrogen-bond donors (Lipinski definition) is 1. The lowest BCUT2D eigenvalue weighted by Crippen LogP contribution is -2.22. The smallest absolute Gasteiger partial charge is 0.335 e. The number of ether oxygens (including phenoxy) is 1. The third-order valence-electron chi connectivity index (χ3n) is 1.89. The van der Waals surface area contributed by atoms with Gasteiger partial charge in [-0.05, 0) is 5.56 Å². The molecule has 1 aromatic carbocycles. The van der Waals surface area contributed by atoms with Crippen molar-refractivity contribution in [2.24, 2.45) is 0 Å². The van der Waals surface area contributed by atoms with Crippen molar-refractivity contribution in [3.63, 3.8) is 0 Å². The molecular weight excluding hydrogens is 192 g/mol. The van der Waals surface area contributed by atoms with Crippen LogP contribution in [0.2, 0.25) is 0 Å².